The van der Waals surface area contributed by atoms with E-state index in [1.807, 2.05) is 0 Å². The quantitative estimate of drug-likeness (QED) is 0.739. The average Bonchev–Trinajstić information content (AvgIpc) is 2.14. The minimum Gasteiger partial charge on any atom is -0.388 e. The highest BCUT2D eigenvalue weighted by Crippen LogP contribution is 2.49. The van der Waals surface area contributed by atoms with Gasteiger partial charge in [0.2, 0.25) is 0 Å². The van der Waals surface area contributed by atoms with Crippen LogP contribution < -0.4 is 5.73 Å². The summed E-state index contributed by atoms with van der Waals surface area (Å²) >= 11 is 0. The van der Waals surface area contributed by atoms with Gasteiger partial charge in [-0.05, 0) is 43.4 Å². The molecule has 1 saturated heterocycles. The monoisotopic (exact) mass is 241 g/mol. The first kappa shape index (κ1) is 13.3. The van der Waals surface area contributed by atoms with E-state index >= 15 is 0 Å². The van der Waals surface area contributed by atoms with Crippen molar-refractivity contribution in [3.63, 3.8) is 0 Å². The van der Waals surface area contributed by atoms with Crippen LogP contribution in [0.5, 0.6) is 0 Å². The van der Waals surface area contributed by atoms with Gasteiger partial charge in [-0.1, -0.05) is 20.8 Å². The van der Waals surface area contributed by atoms with Crippen LogP contribution in [0.1, 0.15) is 52.9 Å². The van der Waals surface area contributed by atoms with Crippen LogP contribution in [-0.4, -0.2) is 29.5 Å². The van der Waals surface area contributed by atoms with E-state index in [1.165, 1.54) is 6.42 Å². The molecule has 2 unspecified atom stereocenters. The third-order valence-corrected chi connectivity index (χ3v) is 4.67. The minimum atomic E-state index is -0.710. The summed E-state index contributed by atoms with van der Waals surface area (Å²) < 4.78 is 5.39. The van der Waals surface area contributed by atoms with E-state index in [2.05, 4.69) is 20.8 Å². The molecule has 2 fully saturated rings. The van der Waals surface area contributed by atoms with Crippen LogP contribution in [0.3, 0.4) is 0 Å². The first-order valence-corrected chi connectivity index (χ1v) is 6.85. The Kier molecular flexibility index (Phi) is 3.30. The predicted molar refractivity (Wildman–Crippen MR) is 68.7 cm³/mol. The highest BCUT2D eigenvalue weighted by Gasteiger charge is 2.53. The van der Waals surface area contributed by atoms with Crippen molar-refractivity contribution in [1.82, 2.24) is 0 Å². The van der Waals surface area contributed by atoms with Crippen LogP contribution in [0.2, 0.25) is 0 Å². The fourth-order valence-electron chi connectivity index (χ4n) is 4.11. The maximum Gasteiger partial charge on any atom is 0.0835 e. The zero-order chi connectivity index (χ0) is 12.7. The lowest BCUT2D eigenvalue weighted by molar-refractivity contribution is -0.136. The predicted octanol–water partition coefficient (Wildman–Crippen LogP) is 2.07. The Morgan fingerprint density at radius 3 is 2.29 bits per heavy atom. The molecule has 2 atom stereocenters. The average molecular weight is 241 g/mol. The molecule has 3 heteroatoms. The molecule has 1 saturated carbocycles. The topological polar surface area (TPSA) is 55.5 Å². The lowest BCUT2D eigenvalue weighted by Crippen LogP contribution is -2.66. The Morgan fingerprint density at radius 1 is 1.18 bits per heavy atom. The minimum absolute atomic E-state index is 0.192. The van der Waals surface area contributed by atoms with Crippen molar-refractivity contribution < 1.29 is 9.84 Å². The molecule has 0 aromatic rings. The van der Waals surface area contributed by atoms with E-state index in [4.69, 9.17) is 10.5 Å². The van der Waals surface area contributed by atoms with Gasteiger partial charge in [0.05, 0.1) is 5.60 Å². The zero-order valence-corrected chi connectivity index (χ0v) is 11.5. The number of rotatable bonds is 1. The third kappa shape index (κ3) is 2.51. The summed E-state index contributed by atoms with van der Waals surface area (Å²) in [6.07, 6.45) is 4.41. The Balaban J connectivity index is 2.21. The van der Waals surface area contributed by atoms with E-state index in [0.717, 1.165) is 25.7 Å². The molecule has 2 rings (SSSR count). The Labute approximate surface area is 105 Å². The number of ether oxygens (including phenoxy) is 1. The largest absolute Gasteiger partial charge is 0.388 e. The molecular weight excluding hydrogens is 214 g/mol. The van der Waals surface area contributed by atoms with Gasteiger partial charge in [-0.25, -0.2) is 0 Å². The molecule has 3 N–H and O–H groups in total. The van der Waals surface area contributed by atoms with Gasteiger partial charge in [-0.3, -0.25) is 0 Å². The summed E-state index contributed by atoms with van der Waals surface area (Å²) in [6.45, 7) is 8.10. The molecule has 0 bridgehead atoms. The Hall–Kier alpha value is -0.120. The molecule has 3 nitrogen and oxygen atoms in total. The summed E-state index contributed by atoms with van der Waals surface area (Å²) in [7, 11) is 0. The van der Waals surface area contributed by atoms with E-state index in [1.54, 1.807) is 0 Å². The van der Waals surface area contributed by atoms with E-state index in [-0.39, 0.29) is 5.41 Å². The summed E-state index contributed by atoms with van der Waals surface area (Å²) in [5.41, 5.74) is 5.56. The van der Waals surface area contributed by atoms with E-state index < -0.39 is 11.1 Å². The van der Waals surface area contributed by atoms with Crippen LogP contribution >= 0.6 is 0 Å². The normalized spacial score (nSPS) is 41.1. The summed E-state index contributed by atoms with van der Waals surface area (Å²) in [4.78, 5) is 0. The van der Waals surface area contributed by atoms with Crippen LogP contribution in [0.25, 0.3) is 0 Å². The number of hydrogen-bond donors (Lipinski definition) is 2. The Morgan fingerprint density at radius 2 is 1.76 bits per heavy atom. The molecule has 1 aliphatic heterocycles. The molecule has 2 aliphatic rings. The third-order valence-electron chi connectivity index (χ3n) is 4.67. The summed E-state index contributed by atoms with van der Waals surface area (Å²) in [5.74, 6) is 0.548. The van der Waals surface area contributed by atoms with Gasteiger partial charge in [0, 0.05) is 18.8 Å². The fraction of sp³-hybridized carbons (Fsp3) is 1.00. The van der Waals surface area contributed by atoms with Gasteiger partial charge in [-0.2, -0.15) is 0 Å². The maximum absolute atomic E-state index is 11.1. The molecule has 0 aromatic carbocycles. The molecule has 1 aliphatic carbocycles. The van der Waals surface area contributed by atoms with Crippen LogP contribution in [0, 0.1) is 11.3 Å². The van der Waals surface area contributed by atoms with Crippen molar-refractivity contribution >= 4 is 0 Å². The smallest absolute Gasteiger partial charge is 0.0835 e. The van der Waals surface area contributed by atoms with E-state index in [0.29, 0.717) is 19.1 Å². The molecular formula is C14H27NO2. The van der Waals surface area contributed by atoms with Crippen LogP contribution in [0.15, 0.2) is 0 Å². The zero-order valence-electron chi connectivity index (χ0n) is 11.5. The molecule has 0 amide bonds. The van der Waals surface area contributed by atoms with Crippen molar-refractivity contribution in [2.75, 3.05) is 13.2 Å². The second kappa shape index (κ2) is 4.22. The summed E-state index contributed by atoms with van der Waals surface area (Å²) in [5, 5.41) is 11.1. The lowest BCUT2D eigenvalue weighted by atomic mass is 9.58. The molecule has 100 valence electrons. The first-order chi connectivity index (χ1) is 7.77. The highest BCUT2D eigenvalue weighted by atomic mass is 16.5. The first-order valence-electron chi connectivity index (χ1n) is 6.85. The summed E-state index contributed by atoms with van der Waals surface area (Å²) in [6, 6.07) is 0. The number of aliphatic hydroxyl groups is 1. The van der Waals surface area contributed by atoms with Crippen LogP contribution in [-0.2, 0) is 4.74 Å². The van der Waals surface area contributed by atoms with Crippen molar-refractivity contribution in [1.29, 1.82) is 0 Å². The van der Waals surface area contributed by atoms with Gasteiger partial charge >= 0.3 is 0 Å². The second-order valence-electron chi connectivity index (χ2n) is 7.15. The van der Waals surface area contributed by atoms with Crippen molar-refractivity contribution in [2.24, 2.45) is 17.1 Å². The second-order valence-corrected chi connectivity index (χ2v) is 7.15. The van der Waals surface area contributed by atoms with Crippen molar-refractivity contribution in [2.45, 2.75) is 64.0 Å². The molecule has 0 aromatic heterocycles. The van der Waals surface area contributed by atoms with Crippen molar-refractivity contribution in [3.05, 3.63) is 0 Å². The fourth-order valence-corrected chi connectivity index (χ4v) is 4.11. The highest BCUT2D eigenvalue weighted by molar-refractivity contribution is 5.09. The van der Waals surface area contributed by atoms with Crippen molar-refractivity contribution in [3.8, 4) is 0 Å². The Bertz CT molecular complexity index is 284. The molecule has 1 heterocycles. The van der Waals surface area contributed by atoms with Gasteiger partial charge in [0.1, 0.15) is 0 Å². The number of hydrogen-bond acceptors (Lipinski definition) is 3. The van der Waals surface area contributed by atoms with Crippen LogP contribution in [0.4, 0.5) is 0 Å². The maximum atomic E-state index is 11.1. The molecule has 0 radical (unpaired) electrons. The van der Waals surface area contributed by atoms with Gasteiger partial charge < -0.3 is 15.6 Å². The molecule has 0 spiro atoms. The van der Waals surface area contributed by atoms with Gasteiger partial charge in [0.15, 0.2) is 0 Å². The lowest BCUT2D eigenvalue weighted by Gasteiger charge is -2.54. The molecule has 17 heavy (non-hydrogen) atoms. The van der Waals surface area contributed by atoms with E-state index in [9.17, 15) is 5.11 Å². The number of nitrogens with two attached hydrogens (primary N) is 1. The standard InChI is InChI=1S/C14H27NO2/c1-11-8-12(2,3)10-14(16,9-11)13(15)4-6-17-7-5-13/h11,16H,4-10,15H2,1-3H3. The SMILES string of the molecule is CC1CC(C)(C)CC(O)(C2(N)CCOCC2)C1. The van der Waals surface area contributed by atoms with Gasteiger partial charge in [0.25, 0.3) is 0 Å². The van der Waals surface area contributed by atoms with Gasteiger partial charge in [-0.15, -0.1) is 0 Å².